The SMILES string of the molecule is COc1cnc(-c2cccnn2)c2[nH]cc(C(=O)C(=O)N3CCN(C(=O)c4ccccc4)CC3)c12. The van der Waals surface area contributed by atoms with E-state index in [1.165, 1.54) is 24.4 Å². The van der Waals surface area contributed by atoms with E-state index in [0.29, 0.717) is 46.7 Å². The van der Waals surface area contributed by atoms with Crippen LogP contribution in [0.2, 0.25) is 0 Å². The maximum absolute atomic E-state index is 13.3. The van der Waals surface area contributed by atoms with Crippen LogP contribution < -0.4 is 4.74 Å². The second-order valence-corrected chi connectivity index (χ2v) is 8.02. The van der Waals surface area contributed by atoms with Crippen molar-refractivity contribution in [1.82, 2.24) is 30.0 Å². The third kappa shape index (κ3) is 4.10. The Hall–Kier alpha value is -4.60. The number of carbonyl (C=O) groups is 3. The molecule has 1 saturated heterocycles. The van der Waals surface area contributed by atoms with E-state index in [1.807, 2.05) is 18.2 Å². The highest BCUT2D eigenvalue weighted by molar-refractivity contribution is 6.45. The van der Waals surface area contributed by atoms with Crippen LogP contribution in [-0.4, -0.2) is 80.9 Å². The van der Waals surface area contributed by atoms with Gasteiger partial charge in [0.1, 0.15) is 17.1 Å². The van der Waals surface area contributed by atoms with Crippen molar-refractivity contribution in [2.45, 2.75) is 0 Å². The van der Waals surface area contributed by atoms with Crippen molar-refractivity contribution >= 4 is 28.5 Å². The summed E-state index contributed by atoms with van der Waals surface area (Å²) in [4.78, 5) is 49.7. The Morgan fingerprint density at radius 2 is 1.71 bits per heavy atom. The van der Waals surface area contributed by atoms with Crippen molar-refractivity contribution in [2.24, 2.45) is 0 Å². The molecule has 1 aliphatic rings. The van der Waals surface area contributed by atoms with Crippen LogP contribution in [0.5, 0.6) is 5.75 Å². The number of benzene rings is 1. The van der Waals surface area contributed by atoms with E-state index < -0.39 is 11.7 Å². The molecule has 0 atom stereocenters. The quantitative estimate of drug-likeness (QED) is 0.351. The second kappa shape index (κ2) is 9.34. The third-order valence-electron chi connectivity index (χ3n) is 6.02. The van der Waals surface area contributed by atoms with Gasteiger partial charge in [0.05, 0.1) is 29.8 Å². The minimum atomic E-state index is -0.659. The number of Topliss-reactive ketones (excluding diaryl/α,β-unsaturated/α-hetero) is 1. The number of rotatable bonds is 5. The number of amides is 2. The molecular weight excluding hydrogens is 448 g/mol. The van der Waals surface area contributed by atoms with E-state index in [-0.39, 0.29) is 24.6 Å². The Morgan fingerprint density at radius 3 is 2.40 bits per heavy atom. The summed E-state index contributed by atoms with van der Waals surface area (Å²) in [7, 11) is 1.48. The van der Waals surface area contributed by atoms with Crippen molar-refractivity contribution in [1.29, 1.82) is 0 Å². The largest absolute Gasteiger partial charge is 0.494 e. The van der Waals surface area contributed by atoms with Crippen LogP contribution in [0.3, 0.4) is 0 Å². The number of piperazine rings is 1. The summed E-state index contributed by atoms with van der Waals surface area (Å²) in [6.07, 6.45) is 4.54. The van der Waals surface area contributed by atoms with E-state index >= 15 is 0 Å². The number of fused-ring (bicyclic) bond motifs is 1. The van der Waals surface area contributed by atoms with Gasteiger partial charge in [-0.3, -0.25) is 14.4 Å². The first-order chi connectivity index (χ1) is 17.1. The predicted molar refractivity (Wildman–Crippen MR) is 127 cm³/mol. The van der Waals surface area contributed by atoms with Gasteiger partial charge in [0, 0.05) is 44.1 Å². The molecule has 10 heteroatoms. The van der Waals surface area contributed by atoms with E-state index in [9.17, 15) is 14.4 Å². The lowest BCUT2D eigenvalue weighted by Gasteiger charge is -2.34. The zero-order valence-electron chi connectivity index (χ0n) is 19.0. The Morgan fingerprint density at radius 1 is 0.971 bits per heavy atom. The number of aromatic amines is 1. The molecule has 10 nitrogen and oxygen atoms in total. The van der Waals surface area contributed by atoms with Gasteiger partial charge < -0.3 is 19.5 Å². The van der Waals surface area contributed by atoms with Gasteiger partial charge in [-0.1, -0.05) is 18.2 Å². The second-order valence-electron chi connectivity index (χ2n) is 8.02. The average molecular weight is 470 g/mol. The minimum absolute atomic E-state index is 0.0885. The van der Waals surface area contributed by atoms with E-state index in [4.69, 9.17) is 4.74 Å². The van der Waals surface area contributed by atoms with Gasteiger partial charge in [0.25, 0.3) is 17.6 Å². The van der Waals surface area contributed by atoms with Crippen molar-refractivity contribution in [3.05, 3.63) is 72.2 Å². The van der Waals surface area contributed by atoms with Crippen molar-refractivity contribution < 1.29 is 19.1 Å². The molecule has 4 heterocycles. The molecule has 1 N–H and O–H groups in total. The molecule has 1 aromatic carbocycles. The molecule has 0 spiro atoms. The highest BCUT2D eigenvalue weighted by Crippen LogP contribution is 2.34. The lowest BCUT2D eigenvalue weighted by atomic mass is 10.1. The molecule has 0 radical (unpaired) electrons. The fraction of sp³-hybridized carbons (Fsp3) is 0.200. The number of carbonyl (C=O) groups excluding carboxylic acids is 3. The number of H-pyrrole nitrogens is 1. The van der Waals surface area contributed by atoms with Crippen molar-refractivity contribution in [2.75, 3.05) is 33.3 Å². The smallest absolute Gasteiger partial charge is 0.295 e. The molecule has 176 valence electrons. The maximum Gasteiger partial charge on any atom is 0.295 e. The number of nitrogens with one attached hydrogen (secondary N) is 1. The van der Waals surface area contributed by atoms with Crippen LogP contribution >= 0.6 is 0 Å². The molecule has 0 saturated carbocycles. The lowest BCUT2D eigenvalue weighted by molar-refractivity contribution is -0.127. The number of aromatic nitrogens is 4. The molecule has 0 bridgehead atoms. The molecule has 1 fully saturated rings. The number of nitrogens with zero attached hydrogens (tertiary/aromatic N) is 5. The normalized spacial score (nSPS) is 13.6. The summed E-state index contributed by atoms with van der Waals surface area (Å²) in [6.45, 7) is 1.25. The number of ether oxygens (including phenoxy) is 1. The Labute approximate surface area is 200 Å². The zero-order chi connectivity index (χ0) is 24.4. The number of ketones is 1. The average Bonchev–Trinajstić information content (AvgIpc) is 3.38. The third-order valence-corrected chi connectivity index (χ3v) is 6.02. The van der Waals surface area contributed by atoms with Gasteiger partial charge in [-0.2, -0.15) is 5.10 Å². The van der Waals surface area contributed by atoms with Crippen LogP contribution in [-0.2, 0) is 4.79 Å². The van der Waals surface area contributed by atoms with Gasteiger partial charge in [-0.15, -0.1) is 5.10 Å². The molecular formula is C25H22N6O4. The summed E-state index contributed by atoms with van der Waals surface area (Å²) < 4.78 is 5.44. The number of hydrogen-bond acceptors (Lipinski definition) is 7. The first-order valence-corrected chi connectivity index (χ1v) is 11.1. The van der Waals surface area contributed by atoms with Crippen LogP contribution in [0, 0.1) is 0 Å². The monoisotopic (exact) mass is 470 g/mol. The number of hydrogen-bond donors (Lipinski definition) is 1. The summed E-state index contributed by atoms with van der Waals surface area (Å²) in [6, 6.07) is 12.5. The molecule has 5 rings (SSSR count). The first-order valence-electron chi connectivity index (χ1n) is 11.1. The topological polar surface area (TPSA) is 121 Å². The molecule has 0 unspecified atom stereocenters. The molecule has 4 aromatic rings. The summed E-state index contributed by atoms with van der Waals surface area (Å²) in [5.41, 5.74) is 2.33. The van der Waals surface area contributed by atoms with E-state index in [1.54, 1.807) is 35.4 Å². The van der Waals surface area contributed by atoms with E-state index in [0.717, 1.165) is 0 Å². The van der Waals surface area contributed by atoms with Crippen LogP contribution in [0.25, 0.3) is 22.3 Å². The van der Waals surface area contributed by atoms with E-state index in [2.05, 4.69) is 20.2 Å². The summed E-state index contributed by atoms with van der Waals surface area (Å²) in [5.74, 6) is -1.01. The first kappa shape index (κ1) is 22.2. The standard InChI is InChI=1S/C25H22N6O4/c1-35-19-15-27-21(18-8-5-9-28-29-18)22-20(19)17(14-26-22)23(32)25(34)31-12-10-30(11-13-31)24(33)16-6-3-2-4-7-16/h2-9,14-15,26H,10-13H2,1H3. The van der Waals surface area contributed by atoms with Gasteiger partial charge in [-0.25, -0.2) is 4.98 Å². The molecule has 3 aromatic heterocycles. The summed E-state index contributed by atoms with van der Waals surface area (Å²) in [5, 5.41) is 8.44. The molecule has 35 heavy (non-hydrogen) atoms. The fourth-order valence-electron chi connectivity index (χ4n) is 4.21. The molecule has 2 amide bonds. The summed E-state index contributed by atoms with van der Waals surface area (Å²) >= 11 is 0. The highest BCUT2D eigenvalue weighted by Gasteiger charge is 2.31. The maximum atomic E-state index is 13.3. The zero-order valence-corrected chi connectivity index (χ0v) is 19.0. The fourth-order valence-corrected chi connectivity index (χ4v) is 4.21. The minimum Gasteiger partial charge on any atom is -0.494 e. The Balaban J connectivity index is 1.37. The predicted octanol–water partition coefficient (Wildman–Crippen LogP) is 2.20. The van der Waals surface area contributed by atoms with Gasteiger partial charge in [-0.05, 0) is 24.3 Å². The number of pyridine rings is 1. The van der Waals surface area contributed by atoms with Crippen LogP contribution in [0.1, 0.15) is 20.7 Å². The van der Waals surface area contributed by atoms with Crippen LogP contribution in [0.4, 0.5) is 0 Å². The Kier molecular flexibility index (Phi) is 5.92. The lowest BCUT2D eigenvalue weighted by Crippen LogP contribution is -2.52. The van der Waals surface area contributed by atoms with Crippen molar-refractivity contribution in [3.63, 3.8) is 0 Å². The number of methoxy groups -OCH3 is 1. The van der Waals surface area contributed by atoms with Crippen molar-refractivity contribution in [3.8, 4) is 17.1 Å². The molecule has 1 aliphatic heterocycles. The van der Waals surface area contributed by atoms with Crippen LogP contribution in [0.15, 0.2) is 61.1 Å². The Bertz CT molecular complexity index is 1400. The molecule has 0 aliphatic carbocycles. The van der Waals surface area contributed by atoms with Gasteiger partial charge in [0.2, 0.25) is 0 Å². The van der Waals surface area contributed by atoms with Gasteiger partial charge in [0.15, 0.2) is 0 Å². The highest BCUT2D eigenvalue weighted by atomic mass is 16.5. The van der Waals surface area contributed by atoms with Gasteiger partial charge >= 0.3 is 0 Å².